The molecule has 1 fully saturated rings. The molecule has 2 heterocycles. The highest BCUT2D eigenvalue weighted by Crippen LogP contribution is 2.33. The van der Waals surface area contributed by atoms with Crippen molar-refractivity contribution in [2.75, 3.05) is 27.2 Å². The quantitative estimate of drug-likeness (QED) is 0.836. The van der Waals surface area contributed by atoms with E-state index in [4.69, 9.17) is 4.98 Å². The molecule has 1 amide bonds. The Bertz CT molecular complexity index is 698. The summed E-state index contributed by atoms with van der Waals surface area (Å²) in [5, 5.41) is 1.24. The number of benzene rings is 1. The largest absolute Gasteiger partial charge is 0.341 e. The van der Waals surface area contributed by atoms with Crippen molar-refractivity contribution in [1.29, 1.82) is 0 Å². The van der Waals surface area contributed by atoms with E-state index in [0.717, 1.165) is 37.2 Å². The molecule has 0 bridgehead atoms. The summed E-state index contributed by atoms with van der Waals surface area (Å²) in [5.41, 5.74) is 2.21. The van der Waals surface area contributed by atoms with Gasteiger partial charge in [-0.25, -0.2) is 4.98 Å². The minimum absolute atomic E-state index is 0.206. The number of aromatic nitrogens is 1. The van der Waals surface area contributed by atoms with Gasteiger partial charge in [0.25, 0.3) is 0 Å². The third-order valence-corrected chi connectivity index (χ3v) is 6.30. The van der Waals surface area contributed by atoms with Gasteiger partial charge in [0.15, 0.2) is 0 Å². The van der Waals surface area contributed by atoms with Crippen molar-refractivity contribution in [3.8, 4) is 0 Å². The highest BCUT2D eigenvalue weighted by atomic mass is 32.1. The summed E-state index contributed by atoms with van der Waals surface area (Å²) in [6.07, 6.45) is 2.01. The van der Waals surface area contributed by atoms with Crippen LogP contribution < -0.4 is 0 Å². The Hall–Kier alpha value is -1.72. The van der Waals surface area contributed by atoms with Crippen molar-refractivity contribution < 1.29 is 4.79 Å². The van der Waals surface area contributed by atoms with Crippen LogP contribution in [0.1, 0.15) is 45.9 Å². The van der Waals surface area contributed by atoms with E-state index in [1.807, 2.05) is 65.6 Å². The van der Waals surface area contributed by atoms with Gasteiger partial charge in [0.1, 0.15) is 6.04 Å². The first kappa shape index (κ1) is 18.1. The molecule has 1 aromatic carbocycles. The number of carbonyl (C=O) groups is 1. The van der Waals surface area contributed by atoms with E-state index < -0.39 is 0 Å². The lowest BCUT2D eigenvalue weighted by atomic mass is 9.96. The van der Waals surface area contributed by atoms with Gasteiger partial charge in [-0.05, 0) is 46.3 Å². The molecule has 1 atom stereocenters. The van der Waals surface area contributed by atoms with Gasteiger partial charge in [-0.3, -0.25) is 9.69 Å². The Kier molecular flexibility index (Phi) is 5.54. The van der Waals surface area contributed by atoms with Gasteiger partial charge in [0, 0.05) is 23.9 Å². The normalized spacial score (nSPS) is 17.1. The molecule has 0 N–H and O–H groups in total. The summed E-state index contributed by atoms with van der Waals surface area (Å²) in [6, 6.07) is 9.86. The smallest absolute Gasteiger partial charge is 0.244 e. The molecule has 0 radical (unpaired) electrons. The van der Waals surface area contributed by atoms with Crippen LogP contribution in [-0.2, 0) is 4.79 Å². The zero-order chi connectivity index (χ0) is 18.0. The average Bonchev–Trinajstić information content (AvgIpc) is 2.95. The van der Waals surface area contributed by atoms with Crippen LogP contribution in [0.2, 0.25) is 0 Å². The van der Waals surface area contributed by atoms with Gasteiger partial charge in [-0.1, -0.05) is 30.3 Å². The number of nitrogens with zero attached hydrogens (tertiary/aromatic N) is 3. The zero-order valence-electron chi connectivity index (χ0n) is 15.5. The minimum atomic E-state index is -0.206. The highest BCUT2D eigenvalue weighted by molar-refractivity contribution is 7.11. The van der Waals surface area contributed by atoms with Crippen molar-refractivity contribution in [1.82, 2.24) is 14.8 Å². The Morgan fingerprint density at radius 1 is 1.20 bits per heavy atom. The van der Waals surface area contributed by atoms with Crippen molar-refractivity contribution >= 4 is 17.2 Å². The maximum atomic E-state index is 13.1. The van der Waals surface area contributed by atoms with E-state index in [-0.39, 0.29) is 11.9 Å². The molecule has 4 nitrogen and oxygen atoms in total. The fourth-order valence-corrected chi connectivity index (χ4v) is 4.58. The summed E-state index contributed by atoms with van der Waals surface area (Å²) < 4.78 is 0. The van der Waals surface area contributed by atoms with Crippen molar-refractivity contribution in [3.05, 3.63) is 51.5 Å². The van der Waals surface area contributed by atoms with Crippen LogP contribution in [0, 0.1) is 13.8 Å². The molecule has 1 aliphatic heterocycles. The summed E-state index contributed by atoms with van der Waals surface area (Å²) in [7, 11) is 3.95. The lowest BCUT2D eigenvalue weighted by Crippen LogP contribution is -2.44. The number of aryl methyl sites for hydroxylation is 2. The number of hydrogen-bond donors (Lipinski definition) is 0. The summed E-state index contributed by atoms with van der Waals surface area (Å²) >= 11 is 1.82. The topological polar surface area (TPSA) is 36.4 Å². The molecule has 0 aliphatic carbocycles. The fraction of sp³-hybridized carbons (Fsp3) is 0.500. The molecule has 0 spiro atoms. The molecule has 1 unspecified atom stereocenters. The minimum Gasteiger partial charge on any atom is -0.341 e. The van der Waals surface area contributed by atoms with E-state index in [9.17, 15) is 4.79 Å². The van der Waals surface area contributed by atoms with Crippen LogP contribution in [0.3, 0.4) is 0 Å². The van der Waals surface area contributed by atoms with E-state index in [1.54, 1.807) is 0 Å². The van der Waals surface area contributed by atoms with Gasteiger partial charge in [0.05, 0.1) is 10.7 Å². The number of thiazole rings is 1. The lowest BCUT2D eigenvalue weighted by Gasteiger charge is -2.35. The summed E-state index contributed by atoms with van der Waals surface area (Å²) in [4.78, 5) is 23.2. The van der Waals surface area contributed by atoms with Crippen LogP contribution in [-0.4, -0.2) is 47.9 Å². The van der Waals surface area contributed by atoms with Gasteiger partial charge in [0.2, 0.25) is 5.91 Å². The second kappa shape index (κ2) is 7.67. The Labute approximate surface area is 154 Å². The van der Waals surface area contributed by atoms with Crippen LogP contribution in [0.25, 0.3) is 0 Å². The number of likely N-dealkylation sites (tertiary alicyclic amines) is 1. The van der Waals surface area contributed by atoms with Crippen molar-refractivity contribution in [3.63, 3.8) is 0 Å². The first-order chi connectivity index (χ1) is 12.0. The molecule has 1 saturated heterocycles. The predicted molar refractivity (Wildman–Crippen MR) is 103 cm³/mol. The van der Waals surface area contributed by atoms with Gasteiger partial charge < -0.3 is 4.90 Å². The Morgan fingerprint density at radius 2 is 1.84 bits per heavy atom. The molecule has 134 valence electrons. The fourth-order valence-electron chi connectivity index (χ4n) is 3.49. The number of hydrogen-bond acceptors (Lipinski definition) is 4. The molecule has 5 heteroatoms. The summed E-state index contributed by atoms with van der Waals surface area (Å²) in [6.45, 7) is 5.85. The van der Waals surface area contributed by atoms with E-state index in [0.29, 0.717) is 5.92 Å². The standard InChI is InChI=1S/C20H27N3OS/c1-14-15(2)25-19(21-14)17-10-12-23(13-11-17)20(24)18(22(3)4)16-8-6-5-7-9-16/h5-9,17-18H,10-13H2,1-4H3. The maximum Gasteiger partial charge on any atom is 0.244 e. The number of rotatable bonds is 4. The van der Waals surface area contributed by atoms with Gasteiger partial charge in [-0.2, -0.15) is 0 Å². The average molecular weight is 358 g/mol. The van der Waals surface area contributed by atoms with Gasteiger partial charge in [-0.15, -0.1) is 11.3 Å². The second-order valence-electron chi connectivity index (χ2n) is 7.07. The van der Waals surface area contributed by atoms with E-state index in [1.165, 1.54) is 9.88 Å². The molecular formula is C20H27N3OS. The summed E-state index contributed by atoms with van der Waals surface area (Å²) in [5.74, 6) is 0.706. The van der Waals surface area contributed by atoms with Crippen LogP contribution in [0.5, 0.6) is 0 Å². The highest BCUT2D eigenvalue weighted by Gasteiger charge is 2.31. The molecule has 2 aromatic rings. The first-order valence-corrected chi connectivity index (χ1v) is 9.73. The number of piperidine rings is 1. The maximum absolute atomic E-state index is 13.1. The third-order valence-electron chi connectivity index (χ3n) is 5.07. The van der Waals surface area contributed by atoms with E-state index >= 15 is 0 Å². The van der Waals surface area contributed by atoms with Crippen LogP contribution in [0.4, 0.5) is 0 Å². The molecule has 0 saturated carbocycles. The van der Waals surface area contributed by atoms with Crippen molar-refractivity contribution in [2.24, 2.45) is 0 Å². The second-order valence-corrected chi connectivity index (χ2v) is 8.30. The van der Waals surface area contributed by atoms with Gasteiger partial charge >= 0.3 is 0 Å². The predicted octanol–water partition coefficient (Wildman–Crippen LogP) is 3.77. The lowest BCUT2D eigenvalue weighted by molar-refractivity contribution is -0.137. The van der Waals surface area contributed by atoms with Crippen molar-refractivity contribution in [2.45, 2.75) is 38.6 Å². The SMILES string of the molecule is Cc1nc(C2CCN(C(=O)C(c3ccccc3)N(C)C)CC2)sc1C. The number of carbonyl (C=O) groups excluding carboxylic acids is 1. The number of likely N-dealkylation sites (N-methyl/N-ethyl adjacent to an activating group) is 1. The Morgan fingerprint density at radius 3 is 2.36 bits per heavy atom. The van der Waals surface area contributed by atoms with Crippen LogP contribution >= 0.6 is 11.3 Å². The first-order valence-electron chi connectivity index (χ1n) is 8.91. The zero-order valence-corrected chi connectivity index (χ0v) is 16.3. The number of amides is 1. The van der Waals surface area contributed by atoms with Crippen LogP contribution in [0.15, 0.2) is 30.3 Å². The molecule has 1 aliphatic rings. The molecule has 1 aromatic heterocycles. The Balaban J connectivity index is 1.68. The third kappa shape index (κ3) is 3.93. The molecule has 3 rings (SSSR count). The molecular weight excluding hydrogens is 330 g/mol. The molecule has 25 heavy (non-hydrogen) atoms. The van der Waals surface area contributed by atoms with E-state index in [2.05, 4.69) is 13.8 Å². The monoisotopic (exact) mass is 357 g/mol.